The fourth-order valence-electron chi connectivity index (χ4n) is 3.71. The van der Waals surface area contributed by atoms with Crippen molar-refractivity contribution in [2.45, 2.75) is 40.5 Å². The quantitative estimate of drug-likeness (QED) is 0.282. The molecule has 1 amide bonds. The maximum atomic E-state index is 12.8. The third kappa shape index (κ3) is 5.55. The van der Waals surface area contributed by atoms with Gasteiger partial charge in [0.25, 0.3) is 5.91 Å². The smallest absolute Gasteiger partial charge is 0.311 e. The number of nitrogens with one attached hydrogen (secondary N) is 1. The van der Waals surface area contributed by atoms with Crippen LogP contribution in [0.4, 0.5) is 11.4 Å². The molecular weight excluding hydrogens is 448 g/mol. The van der Waals surface area contributed by atoms with Gasteiger partial charge in [-0.25, -0.2) is 0 Å². The maximum absolute atomic E-state index is 12.8. The van der Waals surface area contributed by atoms with Gasteiger partial charge >= 0.3 is 5.69 Å². The molecule has 0 radical (unpaired) electrons. The SMILES string of the molecule is CCn1ncc(Cn2cc(NC(=O)c3cccc(COc4ccc(C)cc4[N+](=O)[O-])c3)cn2)c1C. The van der Waals surface area contributed by atoms with Gasteiger partial charge in [-0.2, -0.15) is 10.2 Å². The third-order valence-corrected chi connectivity index (χ3v) is 5.62. The van der Waals surface area contributed by atoms with Crippen molar-refractivity contribution in [3.8, 4) is 5.75 Å². The van der Waals surface area contributed by atoms with E-state index in [1.165, 1.54) is 6.07 Å². The molecule has 0 aliphatic rings. The number of nitro groups is 1. The first-order chi connectivity index (χ1) is 16.8. The second-order valence-corrected chi connectivity index (χ2v) is 8.17. The standard InChI is InChI=1S/C25H26N6O4/c1-4-30-18(3)21(12-27-30)14-29-15-22(13-26-29)28-25(32)20-7-5-6-19(11-20)16-35-24-9-8-17(2)10-23(24)31(33)34/h5-13,15H,4,14,16H2,1-3H3,(H,28,32). The van der Waals surface area contributed by atoms with Crippen LogP contribution in [-0.4, -0.2) is 30.4 Å². The molecule has 1 N–H and O–H groups in total. The molecule has 10 nitrogen and oxygen atoms in total. The van der Waals surface area contributed by atoms with Crippen molar-refractivity contribution in [1.29, 1.82) is 0 Å². The minimum Gasteiger partial charge on any atom is -0.482 e. The molecule has 0 unspecified atom stereocenters. The van der Waals surface area contributed by atoms with Crippen molar-refractivity contribution in [3.63, 3.8) is 0 Å². The van der Waals surface area contributed by atoms with Gasteiger partial charge in [0.05, 0.1) is 29.5 Å². The van der Waals surface area contributed by atoms with Crippen molar-refractivity contribution < 1.29 is 14.5 Å². The predicted octanol–water partition coefficient (Wildman–Crippen LogP) is 4.50. The first-order valence-electron chi connectivity index (χ1n) is 11.2. The Bertz CT molecular complexity index is 1370. The molecule has 2 heterocycles. The monoisotopic (exact) mass is 474 g/mol. The highest BCUT2D eigenvalue weighted by Gasteiger charge is 2.16. The van der Waals surface area contributed by atoms with Gasteiger partial charge in [0.2, 0.25) is 0 Å². The summed E-state index contributed by atoms with van der Waals surface area (Å²) < 4.78 is 9.35. The number of aromatic nitrogens is 4. The molecule has 10 heteroatoms. The number of carbonyl (C=O) groups excluding carboxylic acids is 1. The van der Waals surface area contributed by atoms with Gasteiger partial charge in [0, 0.05) is 35.6 Å². The van der Waals surface area contributed by atoms with Crippen LogP contribution in [0.25, 0.3) is 0 Å². The molecule has 0 fully saturated rings. The average Bonchev–Trinajstić information content (AvgIpc) is 3.44. The van der Waals surface area contributed by atoms with Gasteiger partial charge in [0.1, 0.15) is 6.61 Å². The fraction of sp³-hybridized carbons (Fsp3) is 0.240. The molecular formula is C25H26N6O4. The van der Waals surface area contributed by atoms with E-state index in [2.05, 4.69) is 15.5 Å². The van der Waals surface area contributed by atoms with Gasteiger partial charge in [-0.1, -0.05) is 18.2 Å². The Labute approximate surface area is 202 Å². The van der Waals surface area contributed by atoms with Crippen LogP contribution in [0.5, 0.6) is 5.75 Å². The van der Waals surface area contributed by atoms with E-state index >= 15 is 0 Å². The van der Waals surface area contributed by atoms with E-state index in [0.29, 0.717) is 23.4 Å². The van der Waals surface area contributed by atoms with Crippen molar-refractivity contribution in [2.75, 3.05) is 5.32 Å². The molecule has 0 atom stereocenters. The van der Waals surface area contributed by atoms with E-state index in [-0.39, 0.29) is 24.0 Å². The van der Waals surface area contributed by atoms with Gasteiger partial charge in [-0.05, 0) is 50.1 Å². The molecule has 4 aromatic rings. The molecule has 0 aliphatic heterocycles. The van der Waals surface area contributed by atoms with Crippen molar-refractivity contribution in [2.24, 2.45) is 0 Å². The summed E-state index contributed by atoms with van der Waals surface area (Å²) in [5.41, 5.74) is 4.57. The summed E-state index contributed by atoms with van der Waals surface area (Å²) in [6.45, 7) is 7.29. The average molecular weight is 475 g/mol. The highest BCUT2D eigenvalue weighted by molar-refractivity contribution is 6.04. The number of benzene rings is 2. The molecule has 180 valence electrons. The Morgan fingerprint density at radius 3 is 2.71 bits per heavy atom. The van der Waals surface area contributed by atoms with Gasteiger partial charge in [-0.3, -0.25) is 24.3 Å². The van der Waals surface area contributed by atoms with Crippen molar-refractivity contribution in [3.05, 3.63) is 99.1 Å². The number of amides is 1. The molecule has 2 aromatic carbocycles. The summed E-state index contributed by atoms with van der Waals surface area (Å²) >= 11 is 0. The molecule has 2 aromatic heterocycles. The minimum absolute atomic E-state index is 0.0897. The van der Waals surface area contributed by atoms with Crippen LogP contribution < -0.4 is 10.1 Å². The molecule has 35 heavy (non-hydrogen) atoms. The number of anilines is 1. The lowest BCUT2D eigenvalue weighted by Crippen LogP contribution is -2.12. The Morgan fingerprint density at radius 1 is 1.14 bits per heavy atom. The van der Waals surface area contributed by atoms with Gasteiger partial charge in [0.15, 0.2) is 5.75 Å². The molecule has 0 bridgehead atoms. The van der Waals surface area contributed by atoms with Crippen LogP contribution in [0.3, 0.4) is 0 Å². The number of aryl methyl sites for hydroxylation is 2. The zero-order valence-electron chi connectivity index (χ0n) is 19.8. The molecule has 0 saturated carbocycles. The number of hydrogen-bond donors (Lipinski definition) is 1. The molecule has 4 rings (SSSR count). The van der Waals surface area contributed by atoms with Crippen LogP contribution in [0, 0.1) is 24.0 Å². The zero-order chi connectivity index (χ0) is 24.9. The van der Waals surface area contributed by atoms with E-state index in [4.69, 9.17) is 4.74 Å². The van der Waals surface area contributed by atoms with E-state index in [9.17, 15) is 14.9 Å². The summed E-state index contributed by atoms with van der Waals surface area (Å²) in [4.78, 5) is 23.6. The lowest BCUT2D eigenvalue weighted by molar-refractivity contribution is -0.386. The highest BCUT2D eigenvalue weighted by atomic mass is 16.6. The Hall–Kier alpha value is -4.47. The lowest BCUT2D eigenvalue weighted by Gasteiger charge is -2.09. The third-order valence-electron chi connectivity index (χ3n) is 5.62. The number of hydrogen-bond acceptors (Lipinski definition) is 6. The predicted molar refractivity (Wildman–Crippen MR) is 131 cm³/mol. The summed E-state index contributed by atoms with van der Waals surface area (Å²) in [5, 5.41) is 22.8. The summed E-state index contributed by atoms with van der Waals surface area (Å²) in [6.07, 6.45) is 5.20. The number of nitro benzene ring substituents is 1. The van der Waals surface area contributed by atoms with Crippen LogP contribution in [0.1, 0.15) is 39.7 Å². The molecule has 0 spiro atoms. The van der Waals surface area contributed by atoms with Crippen molar-refractivity contribution in [1.82, 2.24) is 19.6 Å². The topological polar surface area (TPSA) is 117 Å². The second kappa shape index (κ2) is 10.2. The lowest BCUT2D eigenvalue weighted by atomic mass is 10.1. The second-order valence-electron chi connectivity index (χ2n) is 8.17. The number of rotatable bonds is 9. The fourth-order valence-corrected chi connectivity index (χ4v) is 3.71. The summed E-state index contributed by atoms with van der Waals surface area (Å²) in [6, 6.07) is 11.7. The summed E-state index contributed by atoms with van der Waals surface area (Å²) in [5.74, 6) is -0.106. The Morgan fingerprint density at radius 2 is 1.97 bits per heavy atom. The largest absolute Gasteiger partial charge is 0.482 e. The van der Waals surface area contributed by atoms with Crippen molar-refractivity contribution >= 4 is 17.3 Å². The first-order valence-corrected chi connectivity index (χ1v) is 11.2. The van der Waals surface area contributed by atoms with Crippen LogP contribution in [0.15, 0.2) is 61.1 Å². The van der Waals surface area contributed by atoms with E-state index in [0.717, 1.165) is 23.4 Å². The minimum atomic E-state index is -0.469. The van der Waals surface area contributed by atoms with Crippen LogP contribution >= 0.6 is 0 Å². The number of nitrogens with zero attached hydrogens (tertiary/aromatic N) is 5. The molecule has 0 saturated heterocycles. The molecule has 0 aliphatic carbocycles. The normalized spacial score (nSPS) is 10.8. The van der Waals surface area contributed by atoms with E-state index in [1.54, 1.807) is 60.4 Å². The van der Waals surface area contributed by atoms with Crippen LogP contribution in [-0.2, 0) is 19.7 Å². The highest BCUT2D eigenvalue weighted by Crippen LogP contribution is 2.28. The van der Waals surface area contributed by atoms with Gasteiger partial charge in [-0.15, -0.1) is 0 Å². The number of carbonyl (C=O) groups is 1. The van der Waals surface area contributed by atoms with E-state index < -0.39 is 4.92 Å². The van der Waals surface area contributed by atoms with Gasteiger partial charge < -0.3 is 10.1 Å². The maximum Gasteiger partial charge on any atom is 0.311 e. The van der Waals surface area contributed by atoms with E-state index in [1.807, 2.05) is 24.7 Å². The summed E-state index contributed by atoms with van der Waals surface area (Å²) in [7, 11) is 0. The number of ether oxygens (including phenoxy) is 1. The zero-order valence-corrected chi connectivity index (χ0v) is 19.8. The Balaban J connectivity index is 1.40. The van der Waals surface area contributed by atoms with Crippen LogP contribution in [0.2, 0.25) is 0 Å². The first kappa shape index (κ1) is 23.7. The Kier molecular flexibility index (Phi) is 6.91.